The van der Waals surface area contributed by atoms with E-state index in [1.165, 1.54) is 11.8 Å². The number of benzene rings is 2. The van der Waals surface area contributed by atoms with Gasteiger partial charge in [-0.05, 0) is 30.0 Å². The van der Waals surface area contributed by atoms with E-state index in [1.807, 2.05) is 55.5 Å². The van der Waals surface area contributed by atoms with Gasteiger partial charge in [0.15, 0.2) is 5.16 Å². The Morgan fingerprint density at radius 3 is 2.46 bits per heavy atom. The largest absolute Gasteiger partial charge is 0.333 e. The van der Waals surface area contributed by atoms with E-state index in [0.717, 1.165) is 27.7 Å². The Morgan fingerprint density at radius 2 is 1.73 bits per heavy atom. The van der Waals surface area contributed by atoms with Crippen LogP contribution in [-0.2, 0) is 4.79 Å². The first-order valence-corrected chi connectivity index (χ1v) is 9.59. The van der Waals surface area contributed by atoms with Gasteiger partial charge >= 0.3 is 0 Å². The molecule has 0 saturated heterocycles. The predicted octanol–water partition coefficient (Wildman–Crippen LogP) is 5.32. The van der Waals surface area contributed by atoms with Crippen LogP contribution in [0.15, 0.2) is 66.0 Å². The minimum Gasteiger partial charge on any atom is -0.333 e. The van der Waals surface area contributed by atoms with Crippen LogP contribution in [0.25, 0.3) is 11.3 Å². The first kappa shape index (κ1) is 18.3. The highest BCUT2D eigenvalue weighted by Crippen LogP contribution is 2.27. The van der Waals surface area contributed by atoms with Crippen molar-refractivity contribution < 1.29 is 4.79 Å². The van der Waals surface area contributed by atoms with Crippen LogP contribution in [0.2, 0.25) is 0 Å². The van der Waals surface area contributed by atoms with Crippen molar-refractivity contribution >= 4 is 23.4 Å². The monoisotopic (exact) mass is 365 g/mol. The zero-order valence-electron chi connectivity index (χ0n) is 15.2. The Morgan fingerprint density at radius 1 is 1.04 bits per heavy atom. The van der Waals surface area contributed by atoms with Crippen molar-refractivity contribution in [2.45, 2.75) is 37.1 Å². The highest BCUT2D eigenvalue weighted by Gasteiger charge is 2.18. The molecule has 1 atom stereocenters. The van der Waals surface area contributed by atoms with E-state index in [0.29, 0.717) is 5.92 Å². The molecule has 0 unspecified atom stereocenters. The van der Waals surface area contributed by atoms with E-state index in [9.17, 15) is 4.79 Å². The molecule has 1 amide bonds. The second-order valence-electron chi connectivity index (χ2n) is 6.46. The third-order valence-electron chi connectivity index (χ3n) is 4.14. The fraction of sp³-hybridized carbons (Fsp3) is 0.238. The summed E-state index contributed by atoms with van der Waals surface area (Å²) in [5.41, 5.74) is 4.05. The van der Waals surface area contributed by atoms with Gasteiger partial charge in [0, 0.05) is 5.69 Å². The molecule has 5 heteroatoms. The number of anilines is 1. The van der Waals surface area contributed by atoms with Crippen molar-refractivity contribution in [3.05, 3.63) is 66.4 Å². The molecule has 0 aliphatic rings. The molecule has 0 saturated carbocycles. The fourth-order valence-corrected chi connectivity index (χ4v) is 3.48. The summed E-state index contributed by atoms with van der Waals surface area (Å²) in [4.78, 5) is 20.3. The summed E-state index contributed by atoms with van der Waals surface area (Å²) in [6.07, 6.45) is 1.80. The second kappa shape index (κ2) is 8.23. The maximum absolute atomic E-state index is 12.6. The fourth-order valence-electron chi connectivity index (χ4n) is 2.70. The standard InChI is InChI=1S/C21H23N3OS/c1-14(2)17-11-7-8-12-18(17)23-20(25)15(3)26-21-22-13-19(24-21)16-9-5-4-6-10-16/h4-15H,1-3H3,(H,22,24)(H,23,25)/t15-/m0/s1. The van der Waals surface area contributed by atoms with Crippen LogP contribution < -0.4 is 5.32 Å². The van der Waals surface area contributed by atoms with Crippen molar-refractivity contribution in [1.29, 1.82) is 0 Å². The number of imidazole rings is 1. The summed E-state index contributed by atoms with van der Waals surface area (Å²) < 4.78 is 0. The number of para-hydroxylation sites is 1. The Balaban J connectivity index is 1.66. The van der Waals surface area contributed by atoms with E-state index in [1.54, 1.807) is 6.20 Å². The van der Waals surface area contributed by atoms with Crippen LogP contribution in [0.4, 0.5) is 5.69 Å². The predicted molar refractivity (Wildman–Crippen MR) is 109 cm³/mol. The highest BCUT2D eigenvalue weighted by molar-refractivity contribution is 8.00. The lowest BCUT2D eigenvalue weighted by molar-refractivity contribution is -0.115. The molecule has 0 fully saturated rings. The van der Waals surface area contributed by atoms with Gasteiger partial charge < -0.3 is 10.3 Å². The number of thioether (sulfide) groups is 1. The number of aromatic amines is 1. The lowest BCUT2D eigenvalue weighted by Gasteiger charge is -2.15. The Labute approximate surface area is 158 Å². The first-order chi connectivity index (χ1) is 12.5. The van der Waals surface area contributed by atoms with Crippen LogP contribution in [0, 0.1) is 0 Å². The van der Waals surface area contributed by atoms with Gasteiger partial charge in [-0.1, -0.05) is 74.1 Å². The first-order valence-electron chi connectivity index (χ1n) is 8.71. The average Bonchev–Trinajstić information content (AvgIpc) is 3.11. The van der Waals surface area contributed by atoms with Gasteiger partial charge in [-0.3, -0.25) is 4.79 Å². The molecular weight excluding hydrogens is 342 g/mol. The topological polar surface area (TPSA) is 57.8 Å². The van der Waals surface area contributed by atoms with Crippen LogP contribution in [0.5, 0.6) is 0 Å². The number of amides is 1. The summed E-state index contributed by atoms with van der Waals surface area (Å²) in [6.45, 7) is 6.14. The number of hydrogen-bond acceptors (Lipinski definition) is 3. The summed E-state index contributed by atoms with van der Waals surface area (Å²) in [5, 5.41) is 3.53. The van der Waals surface area contributed by atoms with E-state index in [2.05, 4.69) is 35.2 Å². The molecule has 3 aromatic rings. The third-order valence-corrected chi connectivity index (χ3v) is 5.13. The quantitative estimate of drug-likeness (QED) is 0.581. The molecule has 0 radical (unpaired) electrons. The lowest BCUT2D eigenvalue weighted by Crippen LogP contribution is -2.23. The van der Waals surface area contributed by atoms with Gasteiger partial charge in [0.05, 0.1) is 17.1 Å². The molecule has 3 rings (SSSR count). The van der Waals surface area contributed by atoms with Crippen LogP contribution in [-0.4, -0.2) is 21.1 Å². The smallest absolute Gasteiger partial charge is 0.237 e. The Kier molecular flexibility index (Phi) is 5.78. The van der Waals surface area contributed by atoms with Gasteiger partial charge in [0.2, 0.25) is 5.91 Å². The van der Waals surface area contributed by atoms with Crippen LogP contribution in [0.3, 0.4) is 0 Å². The van der Waals surface area contributed by atoms with Crippen molar-refractivity contribution in [3.8, 4) is 11.3 Å². The number of carbonyl (C=O) groups is 1. The zero-order valence-corrected chi connectivity index (χ0v) is 16.0. The number of hydrogen-bond donors (Lipinski definition) is 2. The summed E-state index contributed by atoms with van der Waals surface area (Å²) in [7, 11) is 0. The minimum atomic E-state index is -0.259. The molecule has 2 aromatic carbocycles. The molecule has 134 valence electrons. The second-order valence-corrected chi connectivity index (χ2v) is 7.79. The minimum absolute atomic E-state index is 0.0271. The number of nitrogens with one attached hydrogen (secondary N) is 2. The van der Waals surface area contributed by atoms with Gasteiger partial charge in [-0.2, -0.15) is 0 Å². The molecule has 26 heavy (non-hydrogen) atoms. The molecule has 0 bridgehead atoms. The van der Waals surface area contributed by atoms with E-state index >= 15 is 0 Å². The SMILES string of the molecule is CC(C)c1ccccc1NC(=O)[C@H](C)Sc1ncc(-c2ccccc2)[nH]1. The van der Waals surface area contributed by atoms with Crippen LogP contribution >= 0.6 is 11.8 Å². The van der Waals surface area contributed by atoms with Crippen molar-refractivity contribution in [2.75, 3.05) is 5.32 Å². The summed E-state index contributed by atoms with van der Waals surface area (Å²) >= 11 is 1.42. The van der Waals surface area contributed by atoms with E-state index < -0.39 is 0 Å². The summed E-state index contributed by atoms with van der Waals surface area (Å²) in [5.74, 6) is 0.328. The Bertz CT molecular complexity index is 874. The normalized spacial score (nSPS) is 12.2. The van der Waals surface area contributed by atoms with Gasteiger partial charge in [0.1, 0.15) is 0 Å². The third kappa shape index (κ3) is 4.35. The maximum atomic E-state index is 12.6. The molecular formula is C21H23N3OS. The van der Waals surface area contributed by atoms with Crippen molar-refractivity contribution in [3.63, 3.8) is 0 Å². The Hall–Kier alpha value is -2.53. The average molecular weight is 366 g/mol. The van der Waals surface area contributed by atoms with E-state index in [4.69, 9.17) is 0 Å². The number of H-pyrrole nitrogens is 1. The number of nitrogens with zero attached hydrogens (tertiary/aromatic N) is 1. The molecule has 1 heterocycles. The number of carbonyl (C=O) groups excluding carboxylic acids is 1. The zero-order chi connectivity index (χ0) is 18.5. The number of aromatic nitrogens is 2. The molecule has 0 spiro atoms. The molecule has 0 aliphatic heterocycles. The van der Waals surface area contributed by atoms with Gasteiger partial charge in [-0.15, -0.1) is 0 Å². The number of rotatable bonds is 6. The van der Waals surface area contributed by atoms with Crippen molar-refractivity contribution in [2.24, 2.45) is 0 Å². The maximum Gasteiger partial charge on any atom is 0.237 e. The molecule has 1 aromatic heterocycles. The van der Waals surface area contributed by atoms with E-state index in [-0.39, 0.29) is 11.2 Å². The molecule has 0 aliphatic carbocycles. The van der Waals surface area contributed by atoms with Crippen LogP contribution in [0.1, 0.15) is 32.3 Å². The van der Waals surface area contributed by atoms with Gasteiger partial charge in [0.25, 0.3) is 0 Å². The summed E-state index contributed by atoms with van der Waals surface area (Å²) in [6, 6.07) is 18.0. The highest BCUT2D eigenvalue weighted by atomic mass is 32.2. The van der Waals surface area contributed by atoms with Crippen molar-refractivity contribution in [1.82, 2.24) is 9.97 Å². The lowest BCUT2D eigenvalue weighted by atomic mass is 10.0. The van der Waals surface area contributed by atoms with Gasteiger partial charge in [-0.25, -0.2) is 4.98 Å². The molecule has 2 N–H and O–H groups in total. The molecule has 4 nitrogen and oxygen atoms in total.